The van der Waals surface area contributed by atoms with Gasteiger partial charge >= 0.3 is 0 Å². The molecule has 0 spiro atoms. The summed E-state index contributed by atoms with van der Waals surface area (Å²) in [6.45, 7) is 6.12. The lowest BCUT2D eigenvalue weighted by Gasteiger charge is -2.25. The van der Waals surface area contributed by atoms with Crippen LogP contribution in [0.15, 0.2) is 146 Å². The summed E-state index contributed by atoms with van der Waals surface area (Å²) in [4.78, 5) is 18.3. The van der Waals surface area contributed by atoms with Crippen LogP contribution in [0.25, 0.3) is 78.7 Å². The van der Waals surface area contributed by atoms with Crippen molar-refractivity contribution in [2.45, 2.75) is 32.7 Å². The Balaban J connectivity index is 1.49. The third-order valence-electron chi connectivity index (χ3n) is 9.45. The van der Waals surface area contributed by atoms with Crippen LogP contribution in [0.2, 0.25) is 0 Å². The van der Waals surface area contributed by atoms with Gasteiger partial charge in [-0.1, -0.05) is 121 Å². The third-order valence-corrected chi connectivity index (χ3v) is 9.45. The zero-order chi connectivity index (χ0) is 35.9. The Bertz CT molecular complexity index is 2640. The summed E-state index contributed by atoms with van der Waals surface area (Å²) < 4.78 is 13.6. The number of fused-ring (bicyclic) bond motifs is 8. The van der Waals surface area contributed by atoms with E-state index in [0.717, 1.165) is 78.0 Å². The summed E-state index contributed by atoms with van der Waals surface area (Å²) in [6.07, 6.45) is 3.46. The molecule has 2 aliphatic heterocycles. The maximum absolute atomic E-state index is 6.86. The summed E-state index contributed by atoms with van der Waals surface area (Å²) in [5.41, 5.74) is 13.4. The molecule has 9 rings (SSSR count). The monoisotopic (exact) mass is 690 g/mol. The quantitative estimate of drug-likeness (QED) is 0.188. The van der Waals surface area contributed by atoms with Crippen molar-refractivity contribution in [1.29, 1.82) is 0 Å². The van der Waals surface area contributed by atoms with E-state index in [-0.39, 0.29) is 0 Å². The van der Waals surface area contributed by atoms with Crippen LogP contribution in [-0.4, -0.2) is 25.5 Å². The Morgan fingerprint density at radius 3 is 1.28 bits per heavy atom. The minimum atomic E-state index is -0.779. The first-order valence-corrected chi connectivity index (χ1v) is 17.9. The van der Waals surface area contributed by atoms with Crippen molar-refractivity contribution < 1.29 is 9.47 Å². The average Bonchev–Trinajstić information content (AvgIpc) is 4.01. The van der Waals surface area contributed by atoms with E-state index >= 15 is 0 Å². The lowest BCUT2D eigenvalue weighted by molar-refractivity contribution is -0.148. The van der Waals surface area contributed by atoms with Crippen molar-refractivity contribution in [1.82, 2.24) is 19.9 Å². The van der Waals surface area contributed by atoms with Crippen LogP contribution in [0.3, 0.4) is 0 Å². The smallest absolute Gasteiger partial charge is 0.246 e. The van der Waals surface area contributed by atoms with Gasteiger partial charge in [-0.2, -0.15) is 0 Å². The van der Waals surface area contributed by atoms with E-state index in [1.165, 1.54) is 0 Å². The summed E-state index contributed by atoms with van der Waals surface area (Å²) in [6, 6.07) is 49.9. The van der Waals surface area contributed by atoms with Gasteiger partial charge in [-0.15, -0.1) is 0 Å². The van der Waals surface area contributed by atoms with E-state index in [9.17, 15) is 0 Å². The molecule has 7 aromatic rings. The van der Waals surface area contributed by atoms with Gasteiger partial charge in [-0.3, -0.25) is 0 Å². The number of aromatic amines is 2. The van der Waals surface area contributed by atoms with Gasteiger partial charge in [0, 0.05) is 33.2 Å². The van der Waals surface area contributed by atoms with Crippen LogP contribution in [0, 0.1) is 0 Å². The Kier molecular flexibility index (Phi) is 8.10. The molecule has 2 aliphatic rings. The second kappa shape index (κ2) is 13.2. The fourth-order valence-corrected chi connectivity index (χ4v) is 7.19. The van der Waals surface area contributed by atoms with E-state index in [2.05, 4.69) is 119 Å². The molecule has 8 bridgehead atoms. The normalized spacial score (nSPS) is 13.9. The number of nitrogens with zero attached hydrogens (tertiary/aromatic N) is 2. The average molecular weight is 691 g/mol. The largest absolute Gasteiger partial charge is 0.441 e. The number of aromatic nitrogens is 4. The van der Waals surface area contributed by atoms with Crippen molar-refractivity contribution in [2.75, 3.05) is 0 Å². The van der Waals surface area contributed by atoms with Gasteiger partial charge in [0.05, 0.1) is 28.1 Å². The van der Waals surface area contributed by atoms with Gasteiger partial charge in [0.2, 0.25) is 12.2 Å². The minimum absolute atomic E-state index is 0.479. The standard InChI is InChI=1S/C47H38N4O2/c1-47(2,3)53-46-44-42(32-20-12-6-13-21-32)38-28-26-36(49-38)40(30-16-8-4-9-17-30)34-24-25-35(48-34)41(31-18-10-5-11-19-31)37-27-29-39(50-37)43(45(51-44)52-46)33-22-14-7-15-23-33/h4-29,46,49-50H,1-3H3. The molecule has 2 N–H and O–H groups in total. The molecule has 0 amide bonds. The van der Waals surface area contributed by atoms with Crippen LogP contribution in [-0.2, 0) is 4.74 Å². The van der Waals surface area contributed by atoms with Crippen molar-refractivity contribution in [3.05, 3.63) is 163 Å². The summed E-state index contributed by atoms with van der Waals surface area (Å²) in [7, 11) is 0. The molecular formula is C47H38N4O2. The van der Waals surface area contributed by atoms with Crippen LogP contribution in [0.5, 0.6) is 5.88 Å². The second-order valence-electron chi connectivity index (χ2n) is 14.2. The molecule has 258 valence electrons. The van der Waals surface area contributed by atoms with Gasteiger partial charge in [-0.05, 0) is 79.4 Å². The highest BCUT2D eigenvalue weighted by Gasteiger charge is 2.33. The molecule has 53 heavy (non-hydrogen) atoms. The first-order chi connectivity index (χ1) is 25.9. The second-order valence-corrected chi connectivity index (χ2v) is 14.2. The molecule has 0 saturated heterocycles. The number of hydrogen-bond acceptors (Lipinski definition) is 4. The molecule has 5 heterocycles. The Labute approximate surface area is 308 Å². The van der Waals surface area contributed by atoms with Gasteiger partial charge < -0.3 is 19.4 Å². The fraction of sp³-hybridized carbons (Fsp3) is 0.106. The number of rotatable bonds is 5. The predicted molar refractivity (Wildman–Crippen MR) is 216 cm³/mol. The van der Waals surface area contributed by atoms with Gasteiger partial charge in [-0.25, -0.2) is 9.97 Å². The molecule has 0 saturated carbocycles. The highest BCUT2D eigenvalue weighted by atomic mass is 16.7. The van der Waals surface area contributed by atoms with Crippen LogP contribution in [0.1, 0.15) is 44.1 Å². The highest BCUT2D eigenvalue weighted by Crippen LogP contribution is 2.44. The van der Waals surface area contributed by atoms with Gasteiger partial charge in [0.15, 0.2) is 0 Å². The van der Waals surface area contributed by atoms with E-state index in [1.54, 1.807) is 0 Å². The molecule has 0 aliphatic carbocycles. The number of ether oxygens (including phenoxy) is 2. The first kappa shape index (κ1) is 32.4. The molecule has 1 atom stereocenters. The molecular weight excluding hydrogens is 653 g/mol. The molecule has 6 nitrogen and oxygen atoms in total. The Morgan fingerprint density at radius 2 is 0.849 bits per heavy atom. The van der Waals surface area contributed by atoms with Crippen LogP contribution in [0.4, 0.5) is 0 Å². The zero-order valence-corrected chi connectivity index (χ0v) is 29.8. The van der Waals surface area contributed by atoms with Gasteiger partial charge in [0.1, 0.15) is 5.69 Å². The van der Waals surface area contributed by atoms with E-state index in [4.69, 9.17) is 19.4 Å². The van der Waals surface area contributed by atoms with E-state index < -0.39 is 11.9 Å². The molecule has 0 radical (unpaired) electrons. The van der Waals surface area contributed by atoms with Crippen molar-refractivity contribution in [3.63, 3.8) is 0 Å². The maximum Gasteiger partial charge on any atom is 0.246 e. The molecule has 4 aromatic carbocycles. The van der Waals surface area contributed by atoms with Crippen molar-refractivity contribution >= 4 is 34.2 Å². The Hall–Kier alpha value is -6.50. The minimum Gasteiger partial charge on any atom is -0.441 e. The van der Waals surface area contributed by atoms with E-state index in [0.29, 0.717) is 11.6 Å². The van der Waals surface area contributed by atoms with Crippen molar-refractivity contribution in [2.24, 2.45) is 0 Å². The number of hydrogen-bond donors (Lipinski definition) is 2. The van der Waals surface area contributed by atoms with Crippen LogP contribution >= 0.6 is 0 Å². The van der Waals surface area contributed by atoms with Crippen LogP contribution < -0.4 is 4.74 Å². The fourth-order valence-electron chi connectivity index (χ4n) is 7.19. The Morgan fingerprint density at radius 1 is 0.472 bits per heavy atom. The SMILES string of the molecule is CC(C)(C)OC1Oc2nc1c(-c1ccccc1)c1ccc([nH]1)c(-c1ccccc1)c1nc(c(-c3ccccc3)c3ccc([nH]3)c2-c2ccccc2)C=C1. The predicted octanol–water partition coefficient (Wildman–Crippen LogP) is 12.0. The molecule has 6 heteroatoms. The summed E-state index contributed by atoms with van der Waals surface area (Å²) in [5.74, 6) is 0.479. The highest BCUT2D eigenvalue weighted by molar-refractivity contribution is 5.97. The lowest BCUT2D eigenvalue weighted by Crippen LogP contribution is -2.24. The van der Waals surface area contributed by atoms with E-state index in [1.807, 2.05) is 69.3 Å². The number of nitrogens with one attached hydrogen (secondary N) is 2. The topological polar surface area (TPSA) is 75.8 Å². The molecule has 1 unspecified atom stereocenters. The number of H-pyrrole nitrogens is 2. The van der Waals surface area contributed by atoms with Gasteiger partial charge in [0.25, 0.3) is 0 Å². The molecule has 3 aromatic heterocycles. The van der Waals surface area contributed by atoms with Crippen molar-refractivity contribution in [3.8, 4) is 50.4 Å². The zero-order valence-electron chi connectivity index (χ0n) is 29.8. The first-order valence-electron chi connectivity index (χ1n) is 17.9. The third kappa shape index (κ3) is 6.24. The number of benzene rings is 4. The summed E-state index contributed by atoms with van der Waals surface area (Å²) in [5, 5.41) is 0. The summed E-state index contributed by atoms with van der Waals surface area (Å²) >= 11 is 0. The molecule has 0 fully saturated rings. The lowest BCUT2D eigenvalue weighted by atomic mass is 10.0. The maximum atomic E-state index is 6.86.